The summed E-state index contributed by atoms with van der Waals surface area (Å²) >= 11 is 0. The number of hydrogen-bond donors (Lipinski definition) is 1. The predicted molar refractivity (Wildman–Crippen MR) is 90.0 cm³/mol. The standard InChI is InChI=1S/C18H20FNO3S/c1-13-4-9-16(23-2)17(12-13)24(21,22)20-18(10-3-11-18)14-5-7-15(19)8-6-14/h4-9,12,20H,3,10-11H2,1-2H3. The van der Waals surface area contributed by atoms with Crippen molar-refractivity contribution >= 4 is 10.0 Å². The fourth-order valence-electron chi connectivity index (χ4n) is 3.06. The molecular formula is C18H20FNO3S. The average molecular weight is 349 g/mol. The average Bonchev–Trinajstić information content (AvgIpc) is 2.52. The summed E-state index contributed by atoms with van der Waals surface area (Å²) in [5, 5.41) is 0. The number of methoxy groups -OCH3 is 1. The molecule has 3 rings (SSSR count). The Morgan fingerprint density at radius 1 is 1.12 bits per heavy atom. The van der Waals surface area contributed by atoms with Crippen LogP contribution in [-0.2, 0) is 15.6 Å². The van der Waals surface area contributed by atoms with Crippen molar-refractivity contribution in [3.8, 4) is 5.75 Å². The van der Waals surface area contributed by atoms with Gasteiger partial charge in [0.05, 0.1) is 12.6 Å². The molecule has 24 heavy (non-hydrogen) atoms. The lowest BCUT2D eigenvalue weighted by Gasteiger charge is -2.42. The third kappa shape index (κ3) is 3.03. The van der Waals surface area contributed by atoms with Gasteiger partial charge in [0, 0.05) is 0 Å². The summed E-state index contributed by atoms with van der Waals surface area (Å²) in [4.78, 5) is 0.124. The minimum absolute atomic E-state index is 0.124. The van der Waals surface area contributed by atoms with Crippen LogP contribution >= 0.6 is 0 Å². The molecule has 2 aromatic carbocycles. The maximum Gasteiger partial charge on any atom is 0.245 e. The van der Waals surface area contributed by atoms with E-state index < -0.39 is 15.6 Å². The van der Waals surface area contributed by atoms with Gasteiger partial charge in [-0.2, -0.15) is 0 Å². The Bertz CT molecular complexity index is 843. The van der Waals surface area contributed by atoms with E-state index in [4.69, 9.17) is 4.74 Å². The van der Waals surface area contributed by atoms with Gasteiger partial charge in [-0.05, 0) is 61.6 Å². The van der Waals surface area contributed by atoms with Crippen molar-refractivity contribution < 1.29 is 17.5 Å². The molecule has 1 aliphatic carbocycles. The van der Waals surface area contributed by atoms with Crippen molar-refractivity contribution in [3.63, 3.8) is 0 Å². The first-order valence-electron chi connectivity index (χ1n) is 7.81. The fraction of sp³-hybridized carbons (Fsp3) is 0.333. The number of rotatable bonds is 5. The molecule has 0 heterocycles. The van der Waals surface area contributed by atoms with Crippen LogP contribution in [0.1, 0.15) is 30.4 Å². The lowest BCUT2D eigenvalue weighted by atomic mass is 9.73. The Balaban J connectivity index is 1.99. The zero-order chi connectivity index (χ0) is 17.4. The van der Waals surface area contributed by atoms with Gasteiger partial charge < -0.3 is 4.74 Å². The molecule has 128 valence electrons. The molecule has 0 spiro atoms. The third-order valence-electron chi connectivity index (χ3n) is 4.54. The molecule has 0 radical (unpaired) electrons. The number of hydrogen-bond acceptors (Lipinski definition) is 3. The van der Waals surface area contributed by atoms with Crippen molar-refractivity contribution in [1.82, 2.24) is 4.72 Å². The van der Waals surface area contributed by atoms with Crippen LogP contribution in [0, 0.1) is 12.7 Å². The molecule has 0 amide bonds. The van der Waals surface area contributed by atoms with Crippen LogP contribution in [-0.4, -0.2) is 15.5 Å². The molecule has 4 nitrogen and oxygen atoms in total. The second-order valence-corrected chi connectivity index (χ2v) is 7.85. The smallest absolute Gasteiger partial charge is 0.245 e. The lowest BCUT2D eigenvalue weighted by Crippen LogP contribution is -2.50. The van der Waals surface area contributed by atoms with E-state index in [2.05, 4.69) is 4.72 Å². The van der Waals surface area contributed by atoms with Crippen LogP contribution < -0.4 is 9.46 Å². The highest BCUT2D eigenvalue weighted by molar-refractivity contribution is 7.89. The van der Waals surface area contributed by atoms with Crippen molar-refractivity contribution in [2.24, 2.45) is 0 Å². The van der Waals surface area contributed by atoms with Crippen molar-refractivity contribution in [2.45, 2.75) is 36.6 Å². The van der Waals surface area contributed by atoms with E-state index in [0.29, 0.717) is 18.6 Å². The predicted octanol–water partition coefficient (Wildman–Crippen LogP) is 3.50. The highest BCUT2D eigenvalue weighted by Gasteiger charge is 2.42. The summed E-state index contributed by atoms with van der Waals surface area (Å²) in [6.07, 6.45) is 2.29. The summed E-state index contributed by atoms with van der Waals surface area (Å²) in [6, 6.07) is 11.0. The van der Waals surface area contributed by atoms with Gasteiger partial charge >= 0.3 is 0 Å². The molecule has 0 bridgehead atoms. The van der Waals surface area contributed by atoms with Gasteiger partial charge in [-0.15, -0.1) is 0 Å². The second kappa shape index (κ2) is 6.18. The lowest BCUT2D eigenvalue weighted by molar-refractivity contribution is 0.224. The maximum absolute atomic E-state index is 13.2. The Labute approximate surface area is 141 Å². The number of halogens is 1. The summed E-state index contributed by atoms with van der Waals surface area (Å²) in [6.45, 7) is 1.83. The van der Waals surface area contributed by atoms with Gasteiger partial charge in [0.1, 0.15) is 16.5 Å². The monoisotopic (exact) mass is 349 g/mol. The first kappa shape index (κ1) is 16.9. The van der Waals surface area contributed by atoms with E-state index in [1.165, 1.54) is 19.2 Å². The molecule has 0 saturated heterocycles. The number of benzene rings is 2. The number of aryl methyl sites for hydroxylation is 1. The van der Waals surface area contributed by atoms with Crippen LogP contribution in [0.3, 0.4) is 0 Å². The highest BCUT2D eigenvalue weighted by atomic mass is 32.2. The van der Waals surface area contributed by atoms with Crippen LogP contribution in [0.4, 0.5) is 4.39 Å². The first-order valence-corrected chi connectivity index (χ1v) is 9.29. The first-order chi connectivity index (χ1) is 11.4. The summed E-state index contributed by atoms with van der Waals surface area (Å²) in [5.74, 6) is -0.0295. The Kier molecular flexibility index (Phi) is 4.36. The molecule has 0 aromatic heterocycles. The molecule has 0 unspecified atom stereocenters. The van der Waals surface area contributed by atoms with Crippen LogP contribution in [0.2, 0.25) is 0 Å². The summed E-state index contributed by atoms with van der Waals surface area (Å²) in [5.41, 5.74) is 0.937. The molecule has 1 aliphatic rings. The quantitative estimate of drug-likeness (QED) is 0.899. The van der Waals surface area contributed by atoms with Crippen molar-refractivity contribution in [2.75, 3.05) is 7.11 Å². The fourth-order valence-corrected chi connectivity index (χ4v) is 4.76. The molecule has 1 fully saturated rings. The molecular weight excluding hydrogens is 329 g/mol. The Hall–Kier alpha value is -1.92. The molecule has 6 heteroatoms. The summed E-state index contributed by atoms with van der Waals surface area (Å²) < 4.78 is 47.1. The normalized spacial score (nSPS) is 16.5. The van der Waals surface area contributed by atoms with E-state index in [1.54, 1.807) is 30.3 Å². The molecule has 0 aliphatic heterocycles. The molecule has 2 aromatic rings. The third-order valence-corrected chi connectivity index (χ3v) is 6.10. The minimum Gasteiger partial charge on any atom is -0.495 e. The second-order valence-electron chi connectivity index (χ2n) is 6.20. The van der Waals surface area contributed by atoms with Crippen molar-refractivity contribution in [1.29, 1.82) is 0 Å². The van der Waals surface area contributed by atoms with Gasteiger partial charge in [0.25, 0.3) is 0 Å². The SMILES string of the molecule is COc1ccc(C)cc1S(=O)(=O)NC1(c2ccc(F)cc2)CCC1. The number of nitrogens with one attached hydrogen (secondary N) is 1. The topological polar surface area (TPSA) is 55.4 Å². The van der Waals surface area contributed by atoms with Crippen LogP contribution in [0.25, 0.3) is 0 Å². The van der Waals surface area contributed by atoms with Gasteiger partial charge in [-0.1, -0.05) is 18.2 Å². The van der Waals surface area contributed by atoms with E-state index >= 15 is 0 Å². The van der Waals surface area contributed by atoms with Gasteiger partial charge in [0.2, 0.25) is 10.0 Å². The Morgan fingerprint density at radius 3 is 2.33 bits per heavy atom. The van der Waals surface area contributed by atoms with E-state index in [0.717, 1.165) is 17.5 Å². The zero-order valence-electron chi connectivity index (χ0n) is 13.7. The Morgan fingerprint density at radius 2 is 1.79 bits per heavy atom. The van der Waals surface area contributed by atoms with E-state index in [-0.39, 0.29) is 10.7 Å². The van der Waals surface area contributed by atoms with E-state index in [9.17, 15) is 12.8 Å². The van der Waals surface area contributed by atoms with Crippen molar-refractivity contribution in [3.05, 3.63) is 59.4 Å². The van der Waals surface area contributed by atoms with Gasteiger partial charge in [-0.3, -0.25) is 0 Å². The maximum atomic E-state index is 13.2. The molecule has 1 N–H and O–H groups in total. The summed E-state index contributed by atoms with van der Waals surface area (Å²) in [7, 11) is -2.32. The van der Waals surface area contributed by atoms with E-state index in [1.807, 2.05) is 6.92 Å². The number of sulfonamides is 1. The highest BCUT2D eigenvalue weighted by Crippen LogP contribution is 2.43. The molecule has 0 atom stereocenters. The van der Waals surface area contributed by atoms with Crippen LogP contribution in [0.5, 0.6) is 5.75 Å². The zero-order valence-corrected chi connectivity index (χ0v) is 14.5. The molecule has 1 saturated carbocycles. The van der Waals surface area contributed by atoms with Gasteiger partial charge in [-0.25, -0.2) is 17.5 Å². The van der Waals surface area contributed by atoms with Crippen LogP contribution in [0.15, 0.2) is 47.4 Å². The largest absolute Gasteiger partial charge is 0.495 e. The minimum atomic E-state index is -3.77. The number of ether oxygens (including phenoxy) is 1. The van der Waals surface area contributed by atoms with Gasteiger partial charge in [0.15, 0.2) is 0 Å².